The second kappa shape index (κ2) is 5.33. The SMILES string of the molecule is CC(C#N)(OCCCO)C1CCCC1. The van der Waals surface area contributed by atoms with Crippen LogP contribution in [0.3, 0.4) is 0 Å². The highest BCUT2D eigenvalue weighted by atomic mass is 16.5. The van der Waals surface area contributed by atoms with Gasteiger partial charge in [-0.05, 0) is 26.2 Å². The standard InChI is InChI=1S/C11H19NO2/c1-11(9-12,14-8-4-7-13)10-5-2-3-6-10/h10,13H,2-8H2,1H3. The van der Waals surface area contributed by atoms with Gasteiger partial charge in [0.1, 0.15) is 0 Å². The second-order valence-electron chi connectivity index (χ2n) is 4.13. The molecule has 1 N–H and O–H groups in total. The molecule has 1 unspecified atom stereocenters. The van der Waals surface area contributed by atoms with Gasteiger partial charge in [0, 0.05) is 12.5 Å². The zero-order valence-corrected chi connectivity index (χ0v) is 8.83. The van der Waals surface area contributed by atoms with E-state index >= 15 is 0 Å². The molecular formula is C11H19NO2. The molecule has 0 amide bonds. The Kier molecular flexibility index (Phi) is 4.37. The molecule has 1 saturated carbocycles. The third-order valence-corrected chi connectivity index (χ3v) is 3.06. The van der Waals surface area contributed by atoms with Gasteiger partial charge in [-0.3, -0.25) is 0 Å². The first-order valence-corrected chi connectivity index (χ1v) is 5.39. The number of aliphatic hydroxyl groups excluding tert-OH is 1. The van der Waals surface area contributed by atoms with Crippen LogP contribution in [0.5, 0.6) is 0 Å². The molecule has 14 heavy (non-hydrogen) atoms. The van der Waals surface area contributed by atoms with E-state index in [1.807, 2.05) is 6.92 Å². The van der Waals surface area contributed by atoms with Crippen molar-refractivity contribution < 1.29 is 9.84 Å². The predicted octanol–water partition coefficient (Wildman–Crippen LogP) is 1.86. The number of rotatable bonds is 5. The lowest BCUT2D eigenvalue weighted by Crippen LogP contribution is -2.35. The van der Waals surface area contributed by atoms with E-state index < -0.39 is 5.60 Å². The second-order valence-corrected chi connectivity index (χ2v) is 4.13. The molecular weight excluding hydrogens is 178 g/mol. The van der Waals surface area contributed by atoms with Crippen molar-refractivity contribution >= 4 is 0 Å². The summed E-state index contributed by atoms with van der Waals surface area (Å²) >= 11 is 0. The minimum absolute atomic E-state index is 0.131. The molecule has 1 fully saturated rings. The van der Waals surface area contributed by atoms with E-state index in [0.29, 0.717) is 18.9 Å². The molecule has 0 aliphatic heterocycles. The van der Waals surface area contributed by atoms with E-state index in [1.54, 1.807) is 0 Å². The summed E-state index contributed by atoms with van der Waals surface area (Å²) < 4.78 is 5.58. The average Bonchev–Trinajstić information content (AvgIpc) is 2.71. The lowest BCUT2D eigenvalue weighted by molar-refractivity contribution is -0.0340. The third kappa shape index (κ3) is 2.70. The minimum atomic E-state index is -0.633. The van der Waals surface area contributed by atoms with Crippen LogP contribution in [0.15, 0.2) is 0 Å². The van der Waals surface area contributed by atoms with E-state index in [1.165, 1.54) is 12.8 Å². The number of aliphatic hydroxyl groups is 1. The Morgan fingerprint density at radius 2 is 2.14 bits per heavy atom. The highest BCUT2D eigenvalue weighted by molar-refractivity contribution is 5.04. The molecule has 1 aliphatic rings. The van der Waals surface area contributed by atoms with Gasteiger partial charge in [0.2, 0.25) is 0 Å². The molecule has 3 nitrogen and oxygen atoms in total. The van der Waals surface area contributed by atoms with Crippen molar-refractivity contribution in [2.24, 2.45) is 5.92 Å². The number of hydrogen-bond acceptors (Lipinski definition) is 3. The maximum atomic E-state index is 9.11. The maximum absolute atomic E-state index is 9.11. The first kappa shape index (κ1) is 11.5. The fraction of sp³-hybridized carbons (Fsp3) is 0.909. The molecule has 0 saturated heterocycles. The van der Waals surface area contributed by atoms with Crippen molar-refractivity contribution in [2.45, 2.75) is 44.6 Å². The molecule has 0 aromatic heterocycles. The van der Waals surface area contributed by atoms with Crippen LogP contribution in [0.1, 0.15) is 39.0 Å². The van der Waals surface area contributed by atoms with E-state index in [2.05, 4.69) is 6.07 Å². The largest absolute Gasteiger partial charge is 0.396 e. The van der Waals surface area contributed by atoms with Gasteiger partial charge in [0.25, 0.3) is 0 Å². The van der Waals surface area contributed by atoms with Gasteiger partial charge in [-0.2, -0.15) is 5.26 Å². The summed E-state index contributed by atoms with van der Waals surface area (Å²) in [4.78, 5) is 0. The van der Waals surface area contributed by atoms with Crippen LogP contribution < -0.4 is 0 Å². The van der Waals surface area contributed by atoms with Crippen LogP contribution in [0.4, 0.5) is 0 Å². The fourth-order valence-corrected chi connectivity index (χ4v) is 2.07. The van der Waals surface area contributed by atoms with Gasteiger partial charge < -0.3 is 9.84 Å². The van der Waals surface area contributed by atoms with Crippen molar-refractivity contribution in [3.05, 3.63) is 0 Å². The fourth-order valence-electron chi connectivity index (χ4n) is 2.07. The highest BCUT2D eigenvalue weighted by Gasteiger charge is 2.36. The molecule has 1 rings (SSSR count). The smallest absolute Gasteiger partial charge is 0.154 e. The number of hydrogen-bond donors (Lipinski definition) is 1. The van der Waals surface area contributed by atoms with Crippen LogP contribution in [0.2, 0.25) is 0 Å². The number of ether oxygens (including phenoxy) is 1. The normalized spacial score (nSPS) is 21.8. The summed E-state index contributed by atoms with van der Waals surface area (Å²) in [6.45, 7) is 2.49. The Morgan fingerprint density at radius 3 is 2.64 bits per heavy atom. The molecule has 0 aromatic rings. The summed E-state index contributed by atoms with van der Waals surface area (Å²) in [7, 11) is 0. The zero-order chi connectivity index (χ0) is 10.4. The molecule has 80 valence electrons. The average molecular weight is 197 g/mol. The van der Waals surface area contributed by atoms with E-state index in [4.69, 9.17) is 15.1 Å². The lowest BCUT2D eigenvalue weighted by Gasteiger charge is -2.28. The summed E-state index contributed by atoms with van der Waals surface area (Å²) in [5.41, 5.74) is -0.633. The van der Waals surface area contributed by atoms with Gasteiger partial charge >= 0.3 is 0 Å². The van der Waals surface area contributed by atoms with Gasteiger partial charge in [-0.1, -0.05) is 12.8 Å². The van der Waals surface area contributed by atoms with Crippen LogP contribution in [-0.4, -0.2) is 23.9 Å². The van der Waals surface area contributed by atoms with Crippen LogP contribution >= 0.6 is 0 Å². The van der Waals surface area contributed by atoms with E-state index in [0.717, 1.165) is 12.8 Å². The maximum Gasteiger partial charge on any atom is 0.154 e. The van der Waals surface area contributed by atoms with Crippen molar-refractivity contribution in [1.82, 2.24) is 0 Å². The Labute approximate surface area is 85.7 Å². The van der Waals surface area contributed by atoms with Gasteiger partial charge in [-0.15, -0.1) is 0 Å². The van der Waals surface area contributed by atoms with Gasteiger partial charge in [0.05, 0.1) is 12.7 Å². The Balaban J connectivity index is 2.43. The Bertz CT molecular complexity index is 206. The summed E-state index contributed by atoms with van der Waals surface area (Å²) in [6, 6.07) is 2.28. The predicted molar refractivity (Wildman–Crippen MR) is 53.6 cm³/mol. The minimum Gasteiger partial charge on any atom is -0.396 e. The topological polar surface area (TPSA) is 53.2 Å². The molecule has 0 heterocycles. The van der Waals surface area contributed by atoms with Crippen LogP contribution in [0, 0.1) is 17.2 Å². The monoisotopic (exact) mass is 197 g/mol. The van der Waals surface area contributed by atoms with E-state index in [9.17, 15) is 0 Å². The molecule has 0 spiro atoms. The van der Waals surface area contributed by atoms with Crippen molar-refractivity contribution in [3.8, 4) is 6.07 Å². The Morgan fingerprint density at radius 1 is 1.50 bits per heavy atom. The van der Waals surface area contributed by atoms with Gasteiger partial charge in [0.15, 0.2) is 5.60 Å². The number of nitrogens with zero attached hydrogens (tertiary/aromatic N) is 1. The number of nitriles is 1. The summed E-state index contributed by atoms with van der Waals surface area (Å²) in [5, 5.41) is 17.7. The van der Waals surface area contributed by atoms with E-state index in [-0.39, 0.29) is 6.61 Å². The highest BCUT2D eigenvalue weighted by Crippen LogP contribution is 2.35. The molecule has 1 aliphatic carbocycles. The quantitative estimate of drug-likeness (QED) is 0.684. The Hall–Kier alpha value is -0.590. The third-order valence-electron chi connectivity index (χ3n) is 3.06. The molecule has 1 atom stereocenters. The first-order valence-electron chi connectivity index (χ1n) is 5.39. The molecule has 3 heteroatoms. The zero-order valence-electron chi connectivity index (χ0n) is 8.83. The van der Waals surface area contributed by atoms with Crippen molar-refractivity contribution in [1.29, 1.82) is 5.26 Å². The molecule has 0 bridgehead atoms. The van der Waals surface area contributed by atoms with Crippen LogP contribution in [-0.2, 0) is 4.74 Å². The first-order chi connectivity index (χ1) is 6.73. The molecule has 0 radical (unpaired) electrons. The summed E-state index contributed by atoms with van der Waals surface area (Å²) in [6.07, 6.45) is 5.24. The van der Waals surface area contributed by atoms with Crippen molar-refractivity contribution in [3.63, 3.8) is 0 Å². The molecule has 0 aromatic carbocycles. The summed E-state index contributed by atoms with van der Waals surface area (Å²) in [5.74, 6) is 0.381. The van der Waals surface area contributed by atoms with Gasteiger partial charge in [-0.25, -0.2) is 0 Å². The lowest BCUT2D eigenvalue weighted by atomic mass is 9.89. The van der Waals surface area contributed by atoms with Crippen molar-refractivity contribution in [2.75, 3.05) is 13.2 Å². The van der Waals surface area contributed by atoms with Crippen LogP contribution in [0.25, 0.3) is 0 Å².